The predicted octanol–water partition coefficient (Wildman–Crippen LogP) is -0.210. The Morgan fingerprint density at radius 3 is 2.44 bits per heavy atom. The number of nitrogens with two attached hydrogens (primary N) is 1. The molecule has 0 unspecified atom stereocenters. The highest BCUT2D eigenvalue weighted by Gasteiger charge is 2.18. The Labute approximate surface area is 146 Å². The average molecular weight is 348 g/mol. The molecular weight excluding hydrogens is 324 g/mol. The molecule has 10 heteroatoms. The van der Waals surface area contributed by atoms with Crippen LogP contribution in [0.1, 0.15) is 11.5 Å². The predicted molar refractivity (Wildman–Crippen MR) is 93.3 cm³/mol. The molecule has 0 aliphatic carbocycles. The van der Waals surface area contributed by atoms with Crippen LogP contribution in [0.3, 0.4) is 0 Å². The monoisotopic (exact) mass is 348 g/mol. The third kappa shape index (κ3) is 5.38. The maximum atomic E-state index is 8.36. The molecule has 1 saturated heterocycles. The summed E-state index contributed by atoms with van der Waals surface area (Å²) in [4.78, 5) is 21.5. The van der Waals surface area contributed by atoms with Crippen LogP contribution in [0.2, 0.25) is 0 Å². The van der Waals surface area contributed by atoms with Crippen LogP contribution in [0.5, 0.6) is 0 Å². The molecule has 1 aliphatic heterocycles. The van der Waals surface area contributed by atoms with Gasteiger partial charge in [-0.2, -0.15) is 4.98 Å². The van der Waals surface area contributed by atoms with Gasteiger partial charge in [0.15, 0.2) is 0 Å². The standard InChI is InChI=1S/C14H22N8.CH2O2/c1-11-9-13(18-14(15)17-11)21-6-3-20(4-7-21)5-8-22-10-16-19-12(22)2;2-1-3/h9-10H,3-8H2,1-2H3,(H2,15,17,18);1H,(H,2,3). The van der Waals surface area contributed by atoms with Crippen LogP contribution in [-0.4, -0.2) is 73.9 Å². The fourth-order valence-electron chi connectivity index (χ4n) is 2.72. The molecule has 1 aliphatic rings. The molecule has 0 spiro atoms. The number of nitrogen functional groups attached to an aromatic ring is 1. The first-order valence-corrected chi connectivity index (χ1v) is 8.04. The van der Waals surface area contributed by atoms with E-state index >= 15 is 0 Å². The third-order valence-electron chi connectivity index (χ3n) is 4.02. The zero-order valence-electron chi connectivity index (χ0n) is 14.5. The van der Waals surface area contributed by atoms with Crippen molar-refractivity contribution in [3.63, 3.8) is 0 Å². The normalized spacial score (nSPS) is 14.7. The fraction of sp³-hybridized carbons (Fsp3) is 0.533. The van der Waals surface area contributed by atoms with E-state index in [1.165, 1.54) is 0 Å². The van der Waals surface area contributed by atoms with Crippen LogP contribution < -0.4 is 10.6 Å². The number of piperazine rings is 1. The number of aromatic nitrogens is 5. The molecule has 3 rings (SSSR count). The van der Waals surface area contributed by atoms with Crippen molar-refractivity contribution in [1.29, 1.82) is 0 Å². The number of nitrogens with zero attached hydrogens (tertiary/aromatic N) is 7. The summed E-state index contributed by atoms with van der Waals surface area (Å²) in [5.74, 6) is 2.24. The molecule has 0 amide bonds. The molecular formula is C15H24N8O2. The van der Waals surface area contributed by atoms with Gasteiger partial charge in [-0.25, -0.2) is 4.98 Å². The topological polar surface area (TPSA) is 126 Å². The van der Waals surface area contributed by atoms with Crippen LogP contribution in [0.15, 0.2) is 12.4 Å². The van der Waals surface area contributed by atoms with Crippen LogP contribution >= 0.6 is 0 Å². The number of carbonyl (C=O) groups is 1. The van der Waals surface area contributed by atoms with Gasteiger partial charge in [-0.1, -0.05) is 0 Å². The Morgan fingerprint density at radius 2 is 1.88 bits per heavy atom. The summed E-state index contributed by atoms with van der Waals surface area (Å²) in [6.07, 6.45) is 1.79. The lowest BCUT2D eigenvalue weighted by Crippen LogP contribution is -2.47. The van der Waals surface area contributed by atoms with Crippen molar-refractivity contribution in [2.24, 2.45) is 0 Å². The van der Waals surface area contributed by atoms with Gasteiger partial charge in [-0.15, -0.1) is 10.2 Å². The number of aryl methyl sites for hydroxylation is 2. The highest BCUT2D eigenvalue weighted by Crippen LogP contribution is 2.15. The minimum absolute atomic E-state index is 0.250. The lowest BCUT2D eigenvalue weighted by atomic mass is 10.3. The lowest BCUT2D eigenvalue weighted by Gasteiger charge is -2.35. The minimum atomic E-state index is -0.250. The maximum Gasteiger partial charge on any atom is 0.290 e. The Bertz CT molecular complexity index is 662. The van der Waals surface area contributed by atoms with Crippen LogP contribution in [0.4, 0.5) is 11.8 Å². The summed E-state index contributed by atoms with van der Waals surface area (Å²) in [5.41, 5.74) is 6.65. The van der Waals surface area contributed by atoms with Gasteiger partial charge in [0.25, 0.3) is 6.47 Å². The maximum absolute atomic E-state index is 8.36. The highest BCUT2D eigenvalue weighted by atomic mass is 16.3. The zero-order chi connectivity index (χ0) is 18.2. The van der Waals surface area contributed by atoms with Crippen molar-refractivity contribution in [3.05, 3.63) is 23.9 Å². The molecule has 0 atom stereocenters. The summed E-state index contributed by atoms with van der Waals surface area (Å²) in [6, 6.07) is 1.99. The van der Waals surface area contributed by atoms with Gasteiger partial charge in [0.1, 0.15) is 18.0 Å². The van der Waals surface area contributed by atoms with Gasteiger partial charge in [-0.05, 0) is 13.8 Å². The van der Waals surface area contributed by atoms with E-state index in [4.69, 9.17) is 15.6 Å². The molecule has 0 aromatic carbocycles. The molecule has 0 saturated carbocycles. The second-order valence-corrected chi connectivity index (χ2v) is 5.73. The van der Waals surface area contributed by atoms with E-state index in [0.29, 0.717) is 5.95 Å². The molecule has 10 nitrogen and oxygen atoms in total. The molecule has 0 radical (unpaired) electrons. The van der Waals surface area contributed by atoms with Crippen LogP contribution in [0.25, 0.3) is 0 Å². The first-order chi connectivity index (χ1) is 12.0. The lowest BCUT2D eigenvalue weighted by molar-refractivity contribution is -0.122. The molecule has 1 fully saturated rings. The van der Waals surface area contributed by atoms with Crippen molar-refractivity contribution >= 4 is 18.2 Å². The molecule has 3 N–H and O–H groups in total. The Morgan fingerprint density at radius 1 is 1.20 bits per heavy atom. The first-order valence-electron chi connectivity index (χ1n) is 8.04. The molecule has 136 valence electrons. The largest absolute Gasteiger partial charge is 0.483 e. The van der Waals surface area contributed by atoms with E-state index in [2.05, 4.69) is 34.5 Å². The van der Waals surface area contributed by atoms with Gasteiger partial charge < -0.3 is 20.3 Å². The van der Waals surface area contributed by atoms with Crippen molar-refractivity contribution < 1.29 is 9.90 Å². The molecule has 3 heterocycles. The van der Waals surface area contributed by atoms with Gasteiger partial charge in [-0.3, -0.25) is 9.69 Å². The number of rotatable bonds is 4. The Hall–Kier alpha value is -2.75. The van der Waals surface area contributed by atoms with E-state index in [1.54, 1.807) is 6.33 Å². The summed E-state index contributed by atoms with van der Waals surface area (Å²) in [6.45, 7) is 9.56. The second kappa shape index (κ2) is 8.92. The Kier molecular flexibility index (Phi) is 6.63. The fourth-order valence-corrected chi connectivity index (χ4v) is 2.72. The molecule has 2 aromatic rings. The second-order valence-electron chi connectivity index (χ2n) is 5.73. The average Bonchev–Trinajstić information content (AvgIpc) is 2.98. The van der Waals surface area contributed by atoms with Gasteiger partial charge in [0.2, 0.25) is 5.95 Å². The van der Waals surface area contributed by atoms with E-state index in [-0.39, 0.29) is 6.47 Å². The third-order valence-corrected chi connectivity index (χ3v) is 4.02. The number of carboxylic acid groups (broad SMARTS) is 1. The van der Waals surface area contributed by atoms with E-state index in [1.807, 2.05) is 19.9 Å². The summed E-state index contributed by atoms with van der Waals surface area (Å²) < 4.78 is 2.08. The number of hydrogen-bond donors (Lipinski definition) is 2. The van der Waals surface area contributed by atoms with Crippen molar-refractivity contribution in [1.82, 2.24) is 29.6 Å². The van der Waals surface area contributed by atoms with Crippen molar-refractivity contribution in [2.75, 3.05) is 43.4 Å². The summed E-state index contributed by atoms with van der Waals surface area (Å²) in [7, 11) is 0. The van der Waals surface area contributed by atoms with Crippen molar-refractivity contribution in [3.8, 4) is 0 Å². The van der Waals surface area contributed by atoms with Gasteiger partial charge >= 0.3 is 0 Å². The SMILES string of the molecule is Cc1cc(N2CCN(CCn3cnnc3C)CC2)nc(N)n1.O=CO. The van der Waals surface area contributed by atoms with Crippen LogP contribution in [-0.2, 0) is 11.3 Å². The van der Waals surface area contributed by atoms with E-state index in [9.17, 15) is 0 Å². The van der Waals surface area contributed by atoms with Gasteiger partial charge in [0, 0.05) is 51.0 Å². The minimum Gasteiger partial charge on any atom is -0.483 e. The highest BCUT2D eigenvalue weighted by molar-refractivity contribution is 5.43. The molecule has 0 bridgehead atoms. The Balaban J connectivity index is 0.000000701. The van der Waals surface area contributed by atoms with Crippen LogP contribution in [0, 0.1) is 13.8 Å². The van der Waals surface area contributed by atoms with Gasteiger partial charge in [0.05, 0.1) is 0 Å². The zero-order valence-corrected chi connectivity index (χ0v) is 14.5. The first kappa shape index (κ1) is 18.6. The summed E-state index contributed by atoms with van der Waals surface area (Å²) >= 11 is 0. The van der Waals surface area contributed by atoms with E-state index < -0.39 is 0 Å². The molecule has 25 heavy (non-hydrogen) atoms. The number of anilines is 2. The molecule has 2 aromatic heterocycles. The summed E-state index contributed by atoms with van der Waals surface area (Å²) in [5, 5.41) is 14.8. The quantitative estimate of drug-likeness (QED) is 0.722. The van der Waals surface area contributed by atoms with E-state index in [0.717, 1.165) is 56.6 Å². The number of hydrogen-bond acceptors (Lipinski definition) is 8. The van der Waals surface area contributed by atoms with Crippen molar-refractivity contribution in [2.45, 2.75) is 20.4 Å². The smallest absolute Gasteiger partial charge is 0.290 e.